The number of hydrogen-bond donors (Lipinski definition) is 1. The number of nitrogens with zero attached hydrogens (tertiary/aromatic N) is 1. The number of carbonyl (C=O) groups is 1. The monoisotopic (exact) mass is 380 g/mol. The number of carbonyl (C=O) groups excluding carboxylic acids is 1. The summed E-state index contributed by atoms with van der Waals surface area (Å²) in [6.07, 6.45) is -4.58. The predicted octanol–water partition coefficient (Wildman–Crippen LogP) is 4.60. The molecule has 1 amide bonds. The number of rotatable bonds is 4. The summed E-state index contributed by atoms with van der Waals surface area (Å²) in [5.74, 6) is 0.193. The summed E-state index contributed by atoms with van der Waals surface area (Å²) in [6, 6.07) is 7.93. The second kappa shape index (κ2) is 6.71. The first-order chi connectivity index (χ1) is 12.5. The van der Waals surface area contributed by atoms with Crippen molar-refractivity contribution in [2.75, 3.05) is 6.54 Å². The minimum Gasteiger partial charge on any atom is -0.491 e. The summed E-state index contributed by atoms with van der Waals surface area (Å²) in [7, 11) is 0. The van der Waals surface area contributed by atoms with E-state index in [1.807, 2.05) is 13.8 Å². The molecule has 1 aliphatic heterocycles. The van der Waals surface area contributed by atoms with Crippen LogP contribution in [-0.2, 0) is 4.79 Å². The van der Waals surface area contributed by atoms with Crippen molar-refractivity contribution >= 4 is 16.7 Å². The molecule has 2 aromatic carbocycles. The maximum absolute atomic E-state index is 14.0. The lowest BCUT2D eigenvalue weighted by Crippen LogP contribution is -2.43. The van der Waals surface area contributed by atoms with Crippen LogP contribution in [0.2, 0.25) is 0 Å². The molecule has 4 nitrogen and oxygen atoms in total. The first-order valence-electron chi connectivity index (χ1n) is 8.83. The van der Waals surface area contributed by atoms with Crippen LogP contribution in [0.1, 0.15) is 39.3 Å². The van der Waals surface area contributed by atoms with Crippen LogP contribution in [0.15, 0.2) is 36.4 Å². The molecule has 0 spiro atoms. The number of ether oxygens (including phenoxy) is 1. The Morgan fingerprint density at radius 3 is 2.44 bits per heavy atom. The lowest BCUT2D eigenvalue weighted by molar-refractivity contribution is -0.191. The number of hydrazine groups is 1. The molecule has 0 bridgehead atoms. The van der Waals surface area contributed by atoms with Gasteiger partial charge in [-0.05, 0) is 56.2 Å². The van der Waals surface area contributed by atoms with Crippen molar-refractivity contribution < 1.29 is 22.7 Å². The van der Waals surface area contributed by atoms with Gasteiger partial charge in [0.15, 0.2) is 6.04 Å². The van der Waals surface area contributed by atoms with E-state index in [2.05, 4.69) is 5.43 Å². The van der Waals surface area contributed by atoms with E-state index in [4.69, 9.17) is 4.74 Å². The van der Waals surface area contributed by atoms with Crippen molar-refractivity contribution in [3.63, 3.8) is 0 Å². The van der Waals surface area contributed by atoms with Gasteiger partial charge >= 0.3 is 6.18 Å². The summed E-state index contributed by atoms with van der Waals surface area (Å²) in [6.45, 7) is 7.01. The van der Waals surface area contributed by atoms with Crippen molar-refractivity contribution in [3.8, 4) is 5.75 Å². The van der Waals surface area contributed by atoms with Gasteiger partial charge in [-0.15, -0.1) is 0 Å². The molecule has 1 N–H and O–H groups in total. The van der Waals surface area contributed by atoms with E-state index in [0.717, 1.165) is 5.01 Å². The Bertz CT molecular complexity index is 862. The summed E-state index contributed by atoms with van der Waals surface area (Å²) >= 11 is 0. The Labute approximate surface area is 156 Å². The molecule has 1 heterocycles. The van der Waals surface area contributed by atoms with Gasteiger partial charge in [0.2, 0.25) is 5.91 Å². The third-order valence-electron chi connectivity index (χ3n) is 4.60. The third-order valence-corrected chi connectivity index (χ3v) is 4.60. The second-order valence-corrected chi connectivity index (χ2v) is 7.79. The highest BCUT2D eigenvalue weighted by Crippen LogP contribution is 2.43. The van der Waals surface area contributed by atoms with Crippen LogP contribution in [-0.4, -0.2) is 29.7 Å². The second-order valence-electron chi connectivity index (χ2n) is 7.79. The minimum absolute atomic E-state index is 0.0268. The first-order valence-corrected chi connectivity index (χ1v) is 8.83. The molecule has 1 fully saturated rings. The molecule has 27 heavy (non-hydrogen) atoms. The molecule has 1 atom stereocenters. The highest BCUT2D eigenvalue weighted by Gasteiger charge is 2.51. The zero-order valence-corrected chi connectivity index (χ0v) is 15.7. The van der Waals surface area contributed by atoms with Crippen LogP contribution in [0.25, 0.3) is 10.8 Å². The van der Waals surface area contributed by atoms with Gasteiger partial charge in [-0.3, -0.25) is 10.2 Å². The Balaban J connectivity index is 2.08. The normalized spacial score (nSPS) is 18.7. The molecule has 0 radical (unpaired) electrons. The lowest BCUT2D eigenvalue weighted by atomic mass is 9.93. The number of nitrogens with one attached hydrogen (secondary N) is 1. The van der Waals surface area contributed by atoms with E-state index in [-0.39, 0.29) is 18.2 Å². The van der Waals surface area contributed by atoms with Crippen molar-refractivity contribution in [1.82, 2.24) is 10.4 Å². The molecule has 1 unspecified atom stereocenters. The number of fused-ring (bicyclic) bond motifs is 1. The van der Waals surface area contributed by atoms with E-state index >= 15 is 0 Å². The summed E-state index contributed by atoms with van der Waals surface area (Å²) in [5, 5.41) is 2.13. The number of benzene rings is 2. The zero-order valence-electron chi connectivity index (χ0n) is 15.7. The molecule has 0 aliphatic carbocycles. The number of amides is 1. The summed E-state index contributed by atoms with van der Waals surface area (Å²) in [4.78, 5) is 12.0. The zero-order chi connectivity index (χ0) is 20.0. The van der Waals surface area contributed by atoms with Crippen molar-refractivity contribution in [1.29, 1.82) is 0 Å². The molecule has 7 heteroatoms. The number of hydrogen-bond acceptors (Lipinski definition) is 3. The quantitative estimate of drug-likeness (QED) is 0.843. The van der Waals surface area contributed by atoms with Crippen LogP contribution in [0.5, 0.6) is 5.75 Å². The van der Waals surface area contributed by atoms with Gasteiger partial charge in [-0.1, -0.05) is 24.3 Å². The highest BCUT2D eigenvalue weighted by atomic mass is 19.4. The molecule has 146 valence electrons. The smallest absolute Gasteiger partial charge is 0.409 e. The molecule has 0 saturated carbocycles. The fourth-order valence-electron chi connectivity index (χ4n) is 3.37. The standard InChI is InChI=1S/C20H23F3N2O2/c1-12(2)27-14-8-9-15-13(10-14)6-5-7-16(15)17(20(21,22)23)25-11-19(3,4)18(26)24-25/h5-10,12,17H,11H2,1-4H3,(H,24,26). The molecular weight excluding hydrogens is 357 g/mol. The molecule has 1 aliphatic rings. The van der Waals surface area contributed by atoms with Gasteiger partial charge in [0.05, 0.1) is 11.5 Å². The first kappa shape index (κ1) is 19.5. The van der Waals surface area contributed by atoms with E-state index in [0.29, 0.717) is 16.5 Å². The molecule has 3 rings (SSSR count). The third kappa shape index (κ3) is 3.88. The van der Waals surface area contributed by atoms with Gasteiger partial charge in [-0.2, -0.15) is 13.2 Å². The van der Waals surface area contributed by atoms with E-state index in [1.54, 1.807) is 44.2 Å². The van der Waals surface area contributed by atoms with Crippen LogP contribution in [0, 0.1) is 5.41 Å². The SMILES string of the molecule is CC(C)Oc1ccc2c(C(N3CC(C)(C)C(=O)N3)C(F)(F)F)cccc2c1. The average Bonchev–Trinajstić information content (AvgIpc) is 2.78. The minimum atomic E-state index is -4.55. The van der Waals surface area contributed by atoms with Gasteiger partial charge in [0.1, 0.15) is 5.75 Å². The van der Waals surface area contributed by atoms with Gasteiger partial charge in [-0.25, -0.2) is 5.01 Å². The Morgan fingerprint density at radius 2 is 1.89 bits per heavy atom. The van der Waals surface area contributed by atoms with E-state index in [1.165, 1.54) is 6.07 Å². The van der Waals surface area contributed by atoms with E-state index < -0.39 is 23.5 Å². The summed E-state index contributed by atoms with van der Waals surface area (Å²) in [5.41, 5.74) is 1.62. The van der Waals surface area contributed by atoms with Crippen molar-refractivity contribution in [2.24, 2.45) is 5.41 Å². The number of alkyl halides is 3. The lowest BCUT2D eigenvalue weighted by Gasteiger charge is -2.30. The molecular formula is C20H23F3N2O2. The predicted molar refractivity (Wildman–Crippen MR) is 97.1 cm³/mol. The Hall–Kier alpha value is -2.28. The van der Waals surface area contributed by atoms with E-state index in [9.17, 15) is 18.0 Å². The van der Waals surface area contributed by atoms with Crippen LogP contribution < -0.4 is 10.2 Å². The highest BCUT2D eigenvalue weighted by molar-refractivity contribution is 5.88. The van der Waals surface area contributed by atoms with Crippen LogP contribution in [0.4, 0.5) is 13.2 Å². The Kier molecular flexibility index (Phi) is 4.84. The fraction of sp³-hybridized carbons (Fsp3) is 0.450. The fourth-order valence-corrected chi connectivity index (χ4v) is 3.37. The average molecular weight is 380 g/mol. The van der Waals surface area contributed by atoms with Crippen molar-refractivity contribution in [3.05, 3.63) is 42.0 Å². The van der Waals surface area contributed by atoms with Gasteiger partial charge in [0.25, 0.3) is 0 Å². The molecule has 1 saturated heterocycles. The molecule has 0 aromatic heterocycles. The van der Waals surface area contributed by atoms with Crippen molar-refractivity contribution in [2.45, 2.75) is 46.0 Å². The number of halogens is 3. The maximum atomic E-state index is 14.0. The van der Waals surface area contributed by atoms with Gasteiger partial charge < -0.3 is 4.74 Å². The summed E-state index contributed by atoms with van der Waals surface area (Å²) < 4.78 is 47.6. The van der Waals surface area contributed by atoms with Crippen LogP contribution in [0.3, 0.4) is 0 Å². The molecule has 2 aromatic rings. The topological polar surface area (TPSA) is 41.6 Å². The Morgan fingerprint density at radius 1 is 1.19 bits per heavy atom. The van der Waals surface area contributed by atoms with Gasteiger partial charge in [0, 0.05) is 6.54 Å². The largest absolute Gasteiger partial charge is 0.491 e. The maximum Gasteiger partial charge on any atom is 0.409 e. The van der Waals surface area contributed by atoms with Crippen LogP contribution >= 0.6 is 0 Å².